The van der Waals surface area contributed by atoms with E-state index < -0.39 is 5.60 Å². The second kappa shape index (κ2) is 3.04. The minimum atomic E-state index is -0.607. The van der Waals surface area contributed by atoms with Crippen molar-refractivity contribution in [1.29, 1.82) is 0 Å². The first-order chi connectivity index (χ1) is 6.76. The van der Waals surface area contributed by atoms with Crippen LogP contribution in [0, 0.1) is 0 Å². The van der Waals surface area contributed by atoms with E-state index in [2.05, 4.69) is 11.8 Å². The molecule has 1 aromatic heterocycles. The average Bonchev–Trinajstić information content (AvgIpc) is 2.75. The third-order valence-corrected chi connectivity index (χ3v) is 4.96. The summed E-state index contributed by atoms with van der Waals surface area (Å²) in [5, 5.41) is 11.9. The van der Waals surface area contributed by atoms with E-state index in [1.54, 1.807) is 12.5 Å². The predicted octanol–water partition coefficient (Wildman–Crippen LogP) is 2.53. The van der Waals surface area contributed by atoms with Gasteiger partial charge >= 0.3 is 0 Å². The lowest BCUT2D eigenvalue weighted by Crippen LogP contribution is -2.34. The number of fused-ring (bicyclic) bond motifs is 2. The molecule has 2 atom stereocenters. The highest BCUT2D eigenvalue weighted by atomic mass is 32.2. The van der Waals surface area contributed by atoms with Gasteiger partial charge < -0.3 is 9.52 Å². The number of aliphatic hydroxyl groups is 1. The van der Waals surface area contributed by atoms with Crippen molar-refractivity contribution < 1.29 is 9.52 Å². The molecule has 3 rings (SSSR count). The highest BCUT2D eigenvalue weighted by molar-refractivity contribution is 8.00. The Morgan fingerprint density at radius 1 is 1.36 bits per heavy atom. The molecule has 0 saturated carbocycles. The van der Waals surface area contributed by atoms with Crippen LogP contribution in [0.2, 0.25) is 0 Å². The number of thioether (sulfide) groups is 1. The van der Waals surface area contributed by atoms with Gasteiger partial charge in [0, 0.05) is 16.1 Å². The first kappa shape index (κ1) is 8.86. The van der Waals surface area contributed by atoms with Crippen LogP contribution in [0.15, 0.2) is 23.0 Å². The highest BCUT2D eigenvalue weighted by Gasteiger charge is 2.44. The molecule has 2 bridgehead atoms. The SMILES string of the molecule is OC1(c2ccoc2)CC2CCC(C1)S2. The minimum absolute atomic E-state index is 0.607. The Bertz CT molecular complexity index is 308. The van der Waals surface area contributed by atoms with Gasteiger partial charge in [-0.15, -0.1) is 0 Å². The lowest BCUT2D eigenvalue weighted by Gasteiger charge is -2.35. The van der Waals surface area contributed by atoms with E-state index in [4.69, 9.17) is 4.42 Å². The second-order valence-electron chi connectivity index (χ2n) is 4.41. The summed E-state index contributed by atoms with van der Waals surface area (Å²) in [4.78, 5) is 0. The van der Waals surface area contributed by atoms with E-state index >= 15 is 0 Å². The van der Waals surface area contributed by atoms with Crippen molar-refractivity contribution >= 4 is 11.8 Å². The van der Waals surface area contributed by atoms with Crippen molar-refractivity contribution in [3.63, 3.8) is 0 Å². The van der Waals surface area contributed by atoms with E-state index in [-0.39, 0.29) is 0 Å². The van der Waals surface area contributed by atoms with Crippen molar-refractivity contribution in [2.45, 2.75) is 41.8 Å². The van der Waals surface area contributed by atoms with E-state index in [9.17, 15) is 5.11 Å². The molecule has 3 heterocycles. The topological polar surface area (TPSA) is 33.4 Å². The van der Waals surface area contributed by atoms with Crippen molar-refractivity contribution in [3.05, 3.63) is 24.2 Å². The Hall–Kier alpha value is -0.410. The molecule has 2 nitrogen and oxygen atoms in total. The van der Waals surface area contributed by atoms with Crippen LogP contribution < -0.4 is 0 Å². The van der Waals surface area contributed by atoms with Gasteiger partial charge in [-0.3, -0.25) is 0 Å². The summed E-state index contributed by atoms with van der Waals surface area (Å²) in [5.41, 5.74) is 0.360. The Kier molecular flexibility index (Phi) is 1.92. The van der Waals surface area contributed by atoms with Gasteiger partial charge in [-0.25, -0.2) is 0 Å². The van der Waals surface area contributed by atoms with Gasteiger partial charge in [0.25, 0.3) is 0 Å². The fourth-order valence-electron chi connectivity index (χ4n) is 2.68. The van der Waals surface area contributed by atoms with Gasteiger partial charge in [-0.05, 0) is 31.7 Å². The zero-order valence-corrected chi connectivity index (χ0v) is 8.80. The van der Waals surface area contributed by atoms with Crippen molar-refractivity contribution in [2.75, 3.05) is 0 Å². The molecule has 0 aliphatic carbocycles. The number of furan rings is 1. The molecular weight excluding hydrogens is 196 g/mol. The van der Waals surface area contributed by atoms with E-state index in [1.807, 2.05) is 6.07 Å². The summed E-state index contributed by atoms with van der Waals surface area (Å²) in [6, 6.07) is 1.90. The van der Waals surface area contributed by atoms with Gasteiger partial charge in [0.1, 0.15) is 0 Å². The van der Waals surface area contributed by atoms with Gasteiger partial charge in [0.2, 0.25) is 0 Å². The lowest BCUT2D eigenvalue weighted by molar-refractivity contribution is 0.0191. The lowest BCUT2D eigenvalue weighted by atomic mass is 9.88. The molecule has 76 valence electrons. The molecule has 2 unspecified atom stereocenters. The molecule has 14 heavy (non-hydrogen) atoms. The minimum Gasteiger partial charge on any atom is -0.472 e. The summed E-state index contributed by atoms with van der Waals surface area (Å²) in [7, 11) is 0. The standard InChI is InChI=1S/C11H14O2S/c12-11(8-3-4-13-7-8)5-9-1-2-10(6-11)14-9/h3-4,7,9-10,12H,1-2,5-6H2. The molecular formula is C11H14O2S. The zero-order valence-electron chi connectivity index (χ0n) is 7.98. The molecule has 2 saturated heterocycles. The van der Waals surface area contributed by atoms with Gasteiger partial charge in [-0.1, -0.05) is 0 Å². The van der Waals surface area contributed by atoms with Crippen LogP contribution in [-0.4, -0.2) is 15.6 Å². The Morgan fingerprint density at radius 2 is 2.07 bits per heavy atom. The van der Waals surface area contributed by atoms with Crippen LogP contribution in [0.5, 0.6) is 0 Å². The van der Waals surface area contributed by atoms with Gasteiger partial charge in [0.15, 0.2) is 0 Å². The Balaban J connectivity index is 1.90. The molecule has 2 fully saturated rings. The summed E-state index contributed by atoms with van der Waals surface area (Å²) in [6.07, 6.45) is 7.68. The zero-order chi connectivity index (χ0) is 9.60. The fourth-order valence-corrected chi connectivity index (χ4v) is 4.51. The van der Waals surface area contributed by atoms with Crippen molar-refractivity contribution in [2.24, 2.45) is 0 Å². The Morgan fingerprint density at radius 3 is 2.64 bits per heavy atom. The molecule has 2 aliphatic rings. The average molecular weight is 210 g/mol. The Labute approximate surface area is 87.7 Å². The molecule has 2 aliphatic heterocycles. The van der Waals surface area contributed by atoms with Crippen LogP contribution in [0.3, 0.4) is 0 Å². The molecule has 1 N–H and O–H groups in total. The maximum Gasteiger partial charge on any atom is 0.0963 e. The summed E-state index contributed by atoms with van der Waals surface area (Å²) in [6.45, 7) is 0. The van der Waals surface area contributed by atoms with Crippen LogP contribution in [0.25, 0.3) is 0 Å². The summed E-state index contributed by atoms with van der Waals surface area (Å²) < 4.78 is 5.06. The number of hydrogen-bond acceptors (Lipinski definition) is 3. The predicted molar refractivity (Wildman–Crippen MR) is 56.2 cm³/mol. The fraction of sp³-hybridized carbons (Fsp3) is 0.636. The third kappa shape index (κ3) is 1.30. The first-order valence-corrected chi connectivity index (χ1v) is 6.11. The highest BCUT2D eigenvalue weighted by Crippen LogP contribution is 2.51. The number of hydrogen-bond donors (Lipinski definition) is 1. The molecule has 0 spiro atoms. The summed E-state index contributed by atoms with van der Waals surface area (Å²) >= 11 is 2.06. The molecule has 0 radical (unpaired) electrons. The monoisotopic (exact) mass is 210 g/mol. The van der Waals surface area contributed by atoms with Gasteiger partial charge in [0.05, 0.1) is 18.1 Å². The quantitative estimate of drug-likeness (QED) is 0.773. The summed E-state index contributed by atoms with van der Waals surface area (Å²) in [5.74, 6) is 0. The van der Waals surface area contributed by atoms with Crippen LogP contribution in [-0.2, 0) is 5.60 Å². The van der Waals surface area contributed by atoms with Crippen molar-refractivity contribution in [1.82, 2.24) is 0 Å². The molecule has 0 amide bonds. The first-order valence-electron chi connectivity index (χ1n) is 5.17. The normalized spacial score (nSPS) is 41.5. The smallest absolute Gasteiger partial charge is 0.0963 e. The molecule has 1 aromatic rings. The molecule has 0 aromatic carbocycles. The maximum absolute atomic E-state index is 10.5. The van der Waals surface area contributed by atoms with E-state index in [1.165, 1.54) is 12.8 Å². The maximum atomic E-state index is 10.5. The van der Waals surface area contributed by atoms with Crippen LogP contribution >= 0.6 is 11.8 Å². The largest absolute Gasteiger partial charge is 0.472 e. The van der Waals surface area contributed by atoms with E-state index in [0.29, 0.717) is 10.5 Å². The van der Waals surface area contributed by atoms with Gasteiger partial charge in [-0.2, -0.15) is 11.8 Å². The van der Waals surface area contributed by atoms with Crippen LogP contribution in [0.4, 0.5) is 0 Å². The molecule has 3 heteroatoms. The van der Waals surface area contributed by atoms with Crippen LogP contribution in [0.1, 0.15) is 31.2 Å². The second-order valence-corrected chi connectivity index (χ2v) is 6.01. The van der Waals surface area contributed by atoms with E-state index in [0.717, 1.165) is 18.4 Å². The third-order valence-electron chi connectivity index (χ3n) is 3.38. The number of rotatable bonds is 1. The van der Waals surface area contributed by atoms with Crippen molar-refractivity contribution in [3.8, 4) is 0 Å².